The van der Waals surface area contributed by atoms with E-state index in [0.717, 1.165) is 17.2 Å². The SMILES string of the molecule is Cc1cc(-c2cccc(F)c2)nn(-c2ccc3nsnc3c2)c1=O. The molecule has 2 heterocycles. The fraction of sp³-hybridized carbons (Fsp3) is 0.0588. The zero-order valence-electron chi connectivity index (χ0n) is 12.6. The molecule has 4 aromatic rings. The van der Waals surface area contributed by atoms with Gasteiger partial charge in [-0.2, -0.15) is 18.5 Å². The predicted octanol–water partition coefficient (Wildman–Crippen LogP) is 3.35. The number of nitrogens with zero attached hydrogens (tertiary/aromatic N) is 4. The fourth-order valence-corrected chi connectivity index (χ4v) is 3.00. The fourth-order valence-electron chi connectivity index (χ4n) is 2.48. The molecule has 2 aromatic heterocycles. The lowest BCUT2D eigenvalue weighted by molar-refractivity contribution is 0.628. The highest BCUT2D eigenvalue weighted by Crippen LogP contribution is 2.20. The van der Waals surface area contributed by atoms with E-state index in [0.29, 0.717) is 28.0 Å². The van der Waals surface area contributed by atoms with Crippen molar-refractivity contribution in [2.75, 3.05) is 0 Å². The summed E-state index contributed by atoms with van der Waals surface area (Å²) in [6, 6.07) is 13.1. The zero-order chi connectivity index (χ0) is 16.7. The highest BCUT2D eigenvalue weighted by Gasteiger charge is 2.11. The van der Waals surface area contributed by atoms with Gasteiger partial charge in [0.25, 0.3) is 5.56 Å². The predicted molar refractivity (Wildman–Crippen MR) is 90.9 cm³/mol. The highest BCUT2D eigenvalue weighted by molar-refractivity contribution is 7.00. The Morgan fingerprint density at radius 2 is 1.88 bits per heavy atom. The summed E-state index contributed by atoms with van der Waals surface area (Å²) in [6.07, 6.45) is 0. The molecule has 0 N–H and O–H groups in total. The average Bonchev–Trinajstić information content (AvgIpc) is 3.05. The summed E-state index contributed by atoms with van der Waals surface area (Å²) in [5.41, 5.74) is 3.53. The van der Waals surface area contributed by atoms with Gasteiger partial charge in [-0.1, -0.05) is 12.1 Å². The summed E-state index contributed by atoms with van der Waals surface area (Å²) < 4.78 is 23.1. The summed E-state index contributed by atoms with van der Waals surface area (Å²) in [5, 5.41) is 4.40. The molecule has 0 saturated carbocycles. The Morgan fingerprint density at radius 3 is 2.71 bits per heavy atom. The molecule has 4 rings (SSSR count). The van der Waals surface area contributed by atoms with Gasteiger partial charge in [-0.25, -0.2) is 4.39 Å². The quantitative estimate of drug-likeness (QED) is 0.562. The number of aromatic nitrogens is 4. The summed E-state index contributed by atoms with van der Waals surface area (Å²) in [5.74, 6) is -0.348. The maximum atomic E-state index is 13.5. The Bertz CT molecular complexity index is 1120. The van der Waals surface area contributed by atoms with Gasteiger partial charge in [-0.3, -0.25) is 4.79 Å². The van der Waals surface area contributed by atoms with Crippen LogP contribution in [-0.4, -0.2) is 18.5 Å². The van der Waals surface area contributed by atoms with Crippen LogP contribution in [0.2, 0.25) is 0 Å². The number of benzene rings is 2. The van der Waals surface area contributed by atoms with Gasteiger partial charge in [0, 0.05) is 11.1 Å². The molecule has 0 radical (unpaired) electrons. The first-order valence-electron chi connectivity index (χ1n) is 7.21. The van der Waals surface area contributed by atoms with Gasteiger partial charge in [0.05, 0.1) is 23.1 Å². The van der Waals surface area contributed by atoms with Crippen molar-refractivity contribution in [3.8, 4) is 16.9 Å². The first-order valence-corrected chi connectivity index (χ1v) is 7.94. The Balaban J connectivity index is 1.93. The number of rotatable bonds is 2. The van der Waals surface area contributed by atoms with E-state index in [4.69, 9.17) is 0 Å². The van der Waals surface area contributed by atoms with Crippen molar-refractivity contribution < 1.29 is 4.39 Å². The van der Waals surface area contributed by atoms with Gasteiger partial charge >= 0.3 is 0 Å². The van der Waals surface area contributed by atoms with Gasteiger partial charge in [-0.05, 0) is 43.3 Å². The summed E-state index contributed by atoms with van der Waals surface area (Å²) in [4.78, 5) is 12.5. The van der Waals surface area contributed by atoms with Crippen LogP contribution in [0.15, 0.2) is 53.3 Å². The maximum Gasteiger partial charge on any atom is 0.274 e. The monoisotopic (exact) mass is 338 g/mol. The molecule has 5 nitrogen and oxygen atoms in total. The molecule has 0 aliphatic carbocycles. The number of aryl methyl sites for hydroxylation is 1. The molecular formula is C17H11FN4OS. The van der Waals surface area contributed by atoms with E-state index >= 15 is 0 Å². The van der Waals surface area contributed by atoms with Crippen LogP contribution in [0.1, 0.15) is 5.56 Å². The van der Waals surface area contributed by atoms with Crippen LogP contribution in [0.25, 0.3) is 28.0 Å². The van der Waals surface area contributed by atoms with Crippen molar-refractivity contribution >= 4 is 22.8 Å². The number of fused-ring (bicyclic) bond motifs is 1. The molecule has 0 saturated heterocycles. The third kappa shape index (κ3) is 2.48. The largest absolute Gasteiger partial charge is 0.274 e. The topological polar surface area (TPSA) is 60.7 Å². The van der Waals surface area contributed by atoms with Crippen LogP contribution in [-0.2, 0) is 0 Å². The minimum atomic E-state index is -0.348. The molecule has 0 spiro atoms. The molecule has 0 fully saturated rings. The van der Waals surface area contributed by atoms with Crippen molar-refractivity contribution in [1.82, 2.24) is 18.5 Å². The Labute approximate surface area is 140 Å². The van der Waals surface area contributed by atoms with E-state index in [1.165, 1.54) is 16.8 Å². The molecule has 0 atom stereocenters. The molecule has 0 bridgehead atoms. The van der Waals surface area contributed by atoms with E-state index in [1.54, 1.807) is 43.3 Å². The van der Waals surface area contributed by atoms with Crippen molar-refractivity contribution in [2.45, 2.75) is 6.92 Å². The van der Waals surface area contributed by atoms with Gasteiger partial charge < -0.3 is 0 Å². The average molecular weight is 338 g/mol. The molecule has 0 aliphatic rings. The van der Waals surface area contributed by atoms with Crippen LogP contribution in [0.5, 0.6) is 0 Å². The number of hydrogen-bond donors (Lipinski definition) is 0. The molecule has 2 aromatic carbocycles. The second-order valence-electron chi connectivity index (χ2n) is 5.38. The molecule has 118 valence electrons. The Morgan fingerprint density at radius 1 is 1.04 bits per heavy atom. The first kappa shape index (κ1) is 14.6. The molecular weight excluding hydrogens is 327 g/mol. The summed E-state index contributed by atoms with van der Waals surface area (Å²) in [7, 11) is 0. The van der Waals surface area contributed by atoms with E-state index in [9.17, 15) is 9.18 Å². The van der Waals surface area contributed by atoms with Crippen LogP contribution in [0, 0.1) is 12.7 Å². The smallest absolute Gasteiger partial charge is 0.267 e. The van der Waals surface area contributed by atoms with E-state index in [1.807, 2.05) is 0 Å². The Hall–Kier alpha value is -2.93. The molecule has 0 unspecified atom stereocenters. The van der Waals surface area contributed by atoms with Crippen LogP contribution >= 0.6 is 11.7 Å². The first-order chi connectivity index (χ1) is 11.6. The second-order valence-corrected chi connectivity index (χ2v) is 5.91. The van der Waals surface area contributed by atoms with Crippen molar-refractivity contribution in [3.63, 3.8) is 0 Å². The summed E-state index contributed by atoms with van der Waals surface area (Å²) >= 11 is 1.12. The maximum absolute atomic E-state index is 13.5. The van der Waals surface area contributed by atoms with Crippen molar-refractivity contribution in [3.05, 3.63) is 70.3 Å². The Kier molecular flexibility index (Phi) is 3.42. The highest BCUT2D eigenvalue weighted by atomic mass is 32.1. The van der Waals surface area contributed by atoms with E-state index < -0.39 is 0 Å². The third-order valence-electron chi connectivity index (χ3n) is 3.69. The lowest BCUT2D eigenvalue weighted by Crippen LogP contribution is -2.23. The third-order valence-corrected chi connectivity index (χ3v) is 4.25. The molecule has 24 heavy (non-hydrogen) atoms. The van der Waals surface area contributed by atoms with E-state index in [2.05, 4.69) is 13.8 Å². The molecule has 0 aliphatic heterocycles. The standard InChI is InChI=1S/C17H11FN4OS/c1-10-7-15(11-3-2-4-12(18)8-11)19-22(17(10)23)13-5-6-14-16(9-13)21-24-20-14/h2-9H,1H3. The van der Waals surface area contributed by atoms with Crippen molar-refractivity contribution in [2.24, 2.45) is 0 Å². The minimum absolute atomic E-state index is 0.224. The van der Waals surface area contributed by atoms with Crippen LogP contribution in [0.4, 0.5) is 4.39 Å². The van der Waals surface area contributed by atoms with Crippen LogP contribution < -0.4 is 5.56 Å². The lowest BCUT2D eigenvalue weighted by Gasteiger charge is -2.09. The molecule has 7 heteroatoms. The minimum Gasteiger partial charge on any atom is -0.267 e. The zero-order valence-corrected chi connectivity index (χ0v) is 13.4. The number of halogens is 1. The van der Waals surface area contributed by atoms with Gasteiger partial charge in [0.2, 0.25) is 0 Å². The number of hydrogen-bond acceptors (Lipinski definition) is 5. The van der Waals surface area contributed by atoms with E-state index in [-0.39, 0.29) is 11.4 Å². The second kappa shape index (κ2) is 5.61. The van der Waals surface area contributed by atoms with Gasteiger partial charge in [0.15, 0.2) is 0 Å². The lowest BCUT2D eigenvalue weighted by atomic mass is 10.1. The van der Waals surface area contributed by atoms with Crippen molar-refractivity contribution in [1.29, 1.82) is 0 Å². The summed E-state index contributed by atoms with van der Waals surface area (Å²) in [6.45, 7) is 1.71. The van der Waals surface area contributed by atoms with Crippen LogP contribution in [0.3, 0.4) is 0 Å². The van der Waals surface area contributed by atoms with Gasteiger partial charge in [-0.15, -0.1) is 0 Å². The molecule has 0 amide bonds. The van der Waals surface area contributed by atoms with Gasteiger partial charge in [0.1, 0.15) is 16.9 Å². The normalized spacial score (nSPS) is 11.1.